The first kappa shape index (κ1) is 52.0. The molecule has 0 radical (unpaired) electrons. The second-order valence-corrected chi connectivity index (χ2v) is 19.2. The molecule has 0 aliphatic heterocycles. The van der Waals surface area contributed by atoms with Gasteiger partial charge in [0.15, 0.2) is 12.4 Å². The molecular formula is C44H41Br2F3N12O6S2. The lowest BCUT2D eigenvalue weighted by atomic mass is 9.98. The number of aliphatic hydroxyl groups is 1. The third kappa shape index (κ3) is 13.4. The number of benzene rings is 2. The predicted molar refractivity (Wildman–Crippen MR) is 258 cm³/mol. The van der Waals surface area contributed by atoms with Crippen LogP contribution in [0.4, 0.5) is 24.8 Å². The van der Waals surface area contributed by atoms with Crippen molar-refractivity contribution in [3.63, 3.8) is 0 Å². The van der Waals surface area contributed by atoms with Crippen molar-refractivity contribution in [1.82, 2.24) is 49.9 Å². The van der Waals surface area contributed by atoms with Gasteiger partial charge in [-0.05, 0) is 135 Å². The Balaban J connectivity index is 0.000000193. The number of hydrogen-bond acceptors (Lipinski definition) is 16. The maximum atomic E-state index is 14.3. The van der Waals surface area contributed by atoms with Crippen LogP contribution in [-0.4, -0.2) is 64.9 Å². The highest BCUT2D eigenvalue weighted by Gasteiger charge is 2.25. The molecule has 2 aromatic carbocycles. The van der Waals surface area contributed by atoms with Crippen LogP contribution in [0.25, 0.3) is 22.5 Å². The normalized spacial score (nSPS) is 11.8. The Hall–Kier alpha value is -6.41. The van der Waals surface area contributed by atoms with Gasteiger partial charge in [-0.25, -0.2) is 18.7 Å². The number of aryl methyl sites for hydroxylation is 4. The van der Waals surface area contributed by atoms with Crippen LogP contribution < -0.4 is 4.74 Å². The average molecular weight is 1110 g/mol. The summed E-state index contributed by atoms with van der Waals surface area (Å²) in [5.74, 6) is -2.95. The first-order chi connectivity index (χ1) is 32.8. The topological polar surface area (TPSA) is 229 Å². The summed E-state index contributed by atoms with van der Waals surface area (Å²) >= 11 is 9.29. The number of rotatable bonds is 14. The van der Waals surface area contributed by atoms with Gasteiger partial charge in [0, 0.05) is 76.9 Å². The van der Waals surface area contributed by atoms with Gasteiger partial charge in [0.1, 0.15) is 17.7 Å². The van der Waals surface area contributed by atoms with E-state index in [2.05, 4.69) is 67.4 Å². The van der Waals surface area contributed by atoms with E-state index in [1.807, 2.05) is 40.1 Å². The van der Waals surface area contributed by atoms with E-state index < -0.39 is 45.3 Å². The highest BCUT2D eigenvalue weighted by molar-refractivity contribution is 9.10. The van der Waals surface area contributed by atoms with E-state index in [4.69, 9.17) is 9.72 Å². The standard InChI is InChI=1S/C22H20BrFN6O3S.C17H19FN4OS.C5H2BrFN2O2/c1-4-29-11-16(27-28-29)9-20-21(26-13(3)34-20)17-6-5-15(24)8-18(17)12(2)33-19-7-14(23)10-25-22(19)30(31)32;1-4-22-9-13(20-21-22)8-16-17(19-11(3)24-16)14-6-5-12(18)7-15(14)10(2)23;6-3-1-4(7)5(8-2-3)9(10)11/h5-8,10-12H,4,9H2,1-3H3;5-7,9-10,23H,4,8H2,1-3H3;1-2H/t12-;10-;/m11./s1. The molecule has 0 spiro atoms. The monoisotopic (exact) mass is 1110 g/mol. The Bertz CT molecular complexity index is 3110. The van der Waals surface area contributed by atoms with Gasteiger partial charge in [-0.3, -0.25) is 9.36 Å². The molecule has 25 heteroatoms. The van der Waals surface area contributed by atoms with Gasteiger partial charge in [-0.15, -0.1) is 32.9 Å². The Morgan fingerprint density at radius 1 is 0.725 bits per heavy atom. The van der Waals surface area contributed by atoms with Crippen LogP contribution in [0.5, 0.6) is 5.75 Å². The Morgan fingerprint density at radius 2 is 1.19 bits per heavy atom. The van der Waals surface area contributed by atoms with Gasteiger partial charge in [0.05, 0.1) is 47.8 Å². The van der Waals surface area contributed by atoms with Crippen molar-refractivity contribution in [2.45, 2.75) is 79.7 Å². The fourth-order valence-corrected chi connectivity index (χ4v) is 9.23. The molecule has 0 saturated heterocycles. The largest absolute Gasteiger partial charge is 0.478 e. The van der Waals surface area contributed by atoms with Crippen molar-refractivity contribution in [2.75, 3.05) is 0 Å². The molecule has 0 aliphatic carbocycles. The number of pyridine rings is 2. The summed E-state index contributed by atoms with van der Waals surface area (Å²) in [6.07, 6.45) is 5.92. The van der Waals surface area contributed by atoms with Crippen LogP contribution in [0, 0.1) is 51.5 Å². The molecule has 0 amide bonds. The number of nitro groups is 2. The second kappa shape index (κ2) is 23.3. The van der Waals surface area contributed by atoms with Crippen molar-refractivity contribution in [3.8, 4) is 28.3 Å². The van der Waals surface area contributed by atoms with Crippen LogP contribution in [0.3, 0.4) is 0 Å². The SMILES string of the molecule is CCn1cc(Cc2sc(C)nc2-c2ccc(F)cc2[C@@H](C)O)nn1.CCn1cc(Cc2sc(C)nc2-c2ccc(F)cc2[C@@H](C)Oc2cc(Br)cnc2[N+](=O)[O-])nn1.O=[N+]([O-])c1ncc(Br)cc1F. The molecule has 1 N–H and O–H groups in total. The molecule has 6 heterocycles. The fraction of sp³-hybridized carbons (Fsp3) is 0.273. The average Bonchev–Trinajstić information content (AvgIpc) is 4.11. The summed E-state index contributed by atoms with van der Waals surface area (Å²) in [5, 5.41) is 49.7. The van der Waals surface area contributed by atoms with Gasteiger partial charge in [-0.2, -0.15) is 4.39 Å². The van der Waals surface area contributed by atoms with Crippen molar-refractivity contribution >= 4 is 66.2 Å². The van der Waals surface area contributed by atoms with E-state index in [1.54, 1.807) is 46.7 Å². The van der Waals surface area contributed by atoms with E-state index in [-0.39, 0.29) is 11.6 Å². The number of halogens is 5. The lowest BCUT2D eigenvalue weighted by Gasteiger charge is -2.18. The number of nitrogens with zero attached hydrogens (tertiary/aromatic N) is 12. The number of thiazole rings is 2. The highest BCUT2D eigenvalue weighted by Crippen LogP contribution is 2.39. The summed E-state index contributed by atoms with van der Waals surface area (Å²) in [6.45, 7) is 12.7. The minimum atomic E-state index is -0.940. The maximum Gasteiger partial charge on any atom is 0.406 e. The number of aromatic nitrogens is 10. The summed E-state index contributed by atoms with van der Waals surface area (Å²) < 4.78 is 50.8. The van der Waals surface area contributed by atoms with Crippen LogP contribution in [0.2, 0.25) is 0 Å². The smallest absolute Gasteiger partial charge is 0.406 e. The minimum absolute atomic E-state index is 0.0204. The van der Waals surface area contributed by atoms with E-state index in [0.717, 1.165) is 61.6 Å². The zero-order valence-corrected chi connectivity index (χ0v) is 42.3. The maximum absolute atomic E-state index is 14.3. The molecule has 0 saturated carbocycles. The minimum Gasteiger partial charge on any atom is -0.478 e. The molecule has 8 rings (SSSR count). The summed E-state index contributed by atoms with van der Waals surface area (Å²) in [6, 6.07) is 11.3. The first-order valence-electron chi connectivity index (χ1n) is 20.7. The van der Waals surface area contributed by atoms with E-state index in [1.165, 1.54) is 54.1 Å². The predicted octanol–water partition coefficient (Wildman–Crippen LogP) is 11.1. The van der Waals surface area contributed by atoms with Crippen molar-refractivity contribution < 1.29 is 32.9 Å². The Kier molecular flexibility index (Phi) is 17.5. The number of aliphatic hydroxyl groups excluding tert-OH is 1. The number of hydrogen-bond donors (Lipinski definition) is 1. The van der Waals surface area contributed by atoms with Crippen molar-refractivity contribution in [1.29, 1.82) is 0 Å². The molecular weight excluding hydrogens is 1070 g/mol. The Morgan fingerprint density at radius 3 is 1.64 bits per heavy atom. The van der Waals surface area contributed by atoms with Crippen molar-refractivity contribution in [2.24, 2.45) is 0 Å². The molecule has 6 aromatic heterocycles. The zero-order chi connectivity index (χ0) is 50.1. The second-order valence-electron chi connectivity index (χ2n) is 14.8. The van der Waals surface area contributed by atoms with Gasteiger partial charge in [0.25, 0.3) is 0 Å². The molecule has 0 bridgehead atoms. The van der Waals surface area contributed by atoms with E-state index in [0.29, 0.717) is 44.2 Å². The highest BCUT2D eigenvalue weighted by atomic mass is 79.9. The van der Waals surface area contributed by atoms with Gasteiger partial charge >= 0.3 is 11.6 Å². The summed E-state index contributed by atoms with van der Waals surface area (Å²) in [5.41, 5.74) is 5.63. The molecule has 2 atom stereocenters. The van der Waals surface area contributed by atoms with Crippen molar-refractivity contribution in [3.05, 3.63) is 162 Å². The van der Waals surface area contributed by atoms with Gasteiger partial charge in [-0.1, -0.05) is 10.4 Å². The van der Waals surface area contributed by atoms with Crippen LogP contribution >= 0.6 is 54.5 Å². The first-order valence-corrected chi connectivity index (χ1v) is 24.0. The Labute approximate surface area is 416 Å². The van der Waals surface area contributed by atoms with Crippen LogP contribution in [0.1, 0.15) is 82.2 Å². The summed E-state index contributed by atoms with van der Waals surface area (Å²) in [7, 11) is 0. The van der Waals surface area contributed by atoms with E-state index in [9.17, 15) is 38.5 Å². The summed E-state index contributed by atoms with van der Waals surface area (Å²) in [4.78, 5) is 38.3. The van der Waals surface area contributed by atoms with Gasteiger partial charge in [0.2, 0.25) is 11.6 Å². The van der Waals surface area contributed by atoms with Gasteiger partial charge < -0.3 is 30.1 Å². The lowest BCUT2D eigenvalue weighted by molar-refractivity contribution is -0.392. The molecule has 0 aliphatic rings. The van der Waals surface area contributed by atoms with E-state index >= 15 is 0 Å². The third-order valence-electron chi connectivity index (χ3n) is 9.78. The molecule has 0 fully saturated rings. The molecule has 18 nitrogen and oxygen atoms in total. The molecule has 8 aromatic rings. The van der Waals surface area contributed by atoms with Crippen LogP contribution in [0.15, 0.2) is 82.3 Å². The quantitative estimate of drug-likeness (QED) is 0.0789. The lowest BCUT2D eigenvalue weighted by Crippen LogP contribution is -2.08. The molecule has 360 valence electrons. The molecule has 0 unspecified atom stereocenters. The third-order valence-corrected chi connectivity index (χ3v) is 12.6. The van der Waals surface area contributed by atoms with Crippen LogP contribution in [-0.2, 0) is 25.9 Å². The zero-order valence-electron chi connectivity index (χ0n) is 37.5. The molecule has 69 heavy (non-hydrogen) atoms. The fourth-order valence-electron chi connectivity index (χ4n) is 6.69. The number of ether oxygens (including phenoxy) is 1.